The maximum absolute atomic E-state index is 11.3. The molecule has 0 aromatic rings. The summed E-state index contributed by atoms with van der Waals surface area (Å²) in [6, 6.07) is 0.536. The number of nitrogens with zero attached hydrogens (tertiary/aromatic N) is 1. The molecule has 1 aliphatic carbocycles. The van der Waals surface area contributed by atoms with E-state index in [0.29, 0.717) is 6.04 Å². The summed E-state index contributed by atoms with van der Waals surface area (Å²) in [5.41, 5.74) is 0.117. The van der Waals surface area contributed by atoms with E-state index < -0.39 is 5.97 Å². The average molecular weight is 281 g/mol. The zero-order chi connectivity index (χ0) is 14.2. The van der Waals surface area contributed by atoms with Crippen LogP contribution < -0.4 is 0 Å². The predicted octanol–water partition coefficient (Wildman–Crippen LogP) is 2.52. The lowest BCUT2D eigenvalue weighted by atomic mass is 9.78. The first-order valence-corrected chi connectivity index (χ1v) is 8.20. The second-order valence-corrected chi connectivity index (χ2v) is 7.11. The van der Waals surface area contributed by atoms with Gasteiger partial charge in [-0.1, -0.05) is 26.2 Å². The Labute approximate surface area is 121 Å². The molecule has 0 amide bonds. The molecule has 4 nitrogen and oxygen atoms in total. The van der Waals surface area contributed by atoms with Gasteiger partial charge in [0.2, 0.25) is 0 Å². The van der Waals surface area contributed by atoms with Crippen LogP contribution in [0.4, 0.5) is 0 Å². The molecule has 2 heterocycles. The van der Waals surface area contributed by atoms with Crippen molar-refractivity contribution >= 4 is 5.97 Å². The van der Waals surface area contributed by atoms with Crippen LogP contribution in [0, 0.1) is 11.8 Å². The van der Waals surface area contributed by atoms with Crippen LogP contribution in [0.3, 0.4) is 0 Å². The van der Waals surface area contributed by atoms with Crippen molar-refractivity contribution in [2.75, 3.05) is 19.7 Å². The second kappa shape index (κ2) is 5.64. The van der Waals surface area contributed by atoms with Crippen molar-refractivity contribution in [2.45, 2.75) is 63.5 Å². The standard InChI is InChI=1S/C16H27NO3/c1-12-10-17(11-14(12)15(18)19)13-5-8-20-16(9-13)6-3-2-4-7-16/h12-14H,2-11H2,1H3,(H,18,19)/t12-,13?,14-/m1/s1. The number of carbonyl (C=O) groups is 1. The highest BCUT2D eigenvalue weighted by molar-refractivity contribution is 5.71. The highest BCUT2D eigenvalue weighted by Gasteiger charge is 2.44. The summed E-state index contributed by atoms with van der Waals surface area (Å²) < 4.78 is 6.15. The van der Waals surface area contributed by atoms with Crippen molar-refractivity contribution in [3.05, 3.63) is 0 Å². The van der Waals surface area contributed by atoms with Crippen LogP contribution in [-0.2, 0) is 9.53 Å². The second-order valence-electron chi connectivity index (χ2n) is 7.11. The van der Waals surface area contributed by atoms with Crippen LogP contribution in [0.1, 0.15) is 51.9 Å². The van der Waals surface area contributed by atoms with E-state index in [9.17, 15) is 9.90 Å². The number of carboxylic acids is 1. The third kappa shape index (κ3) is 2.73. The molecule has 0 aromatic carbocycles. The van der Waals surface area contributed by atoms with Crippen molar-refractivity contribution < 1.29 is 14.6 Å². The molecule has 0 radical (unpaired) electrons. The van der Waals surface area contributed by atoms with Gasteiger partial charge in [0.15, 0.2) is 0 Å². The third-order valence-electron chi connectivity index (χ3n) is 5.71. The van der Waals surface area contributed by atoms with Crippen molar-refractivity contribution in [1.82, 2.24) is 4.90 Å². The molecule has 0 bridgehead atoms. The van der Waals surface area contributed by atoms with E-state index in [1.54, 1.807) is 0 Å². The Balaban J connectivity index is 1.64. The van der Waals surface area contributed by atoms with Gasteiger partial charge in [0.1, 0.15) is 0 Å². The van der Waals surface area contributed by atoms with Crippen molar-refractivity contribution in [3.63, 3.8) is 0 Å². The molecule has 3 fully saturated rings. The predicted molar refractivity (Wildman–Crippen MR) is 76.7 cm³/mol. The number of carboxylic acid groups (broad SMARTS) is 1. The largest absolute Gasteiger partial charge is 0.481 e. The lowest BCUT2D eigenvalue weighted by Crippen LogP contribution is -2.49. The van der Waals surface area contributed by atoms with E-state index in [4.69, 9.17) is 4.74 Å². The van der Waals surface area contributed by atoms with E-state index in [2.05, 4.69) is 11.8 Å². The van der Waals surface area contributed by atoms with E-state index in [1.807, 2.05) is 0 Å². The molecule has 3 aliphatic rings. The van der Waals surface area contributed by atoms with E-state index in [1.165, 1.54) is 32.1 Å². The first-order chi connectivity index (χ1) is 9.60. The van der Waals surface area contributed by atoms with Gasteiger partial charge in [0.25, 0.3) is 0 Å². The van der Waals surface area contributed by atoms with Crippen molar-refractivity contribution in [2.24, 2.45) is 11.8 Å². The van der Waals surface area contributed by atoms with Crippen LogP contribution in [0.15, 0.2) is 0 Å². The molecule has 2 saturated heterocycles. The molecule has 1 spiro atoms. The summed E-state index contributed by atoms with van der Waals surface area (Å²) >= 11 is 0. The quantitative estimate of drug-likeness (QED) is 0.845. The molecule has 1 unspecified atom stereocenters. The molecule has 0 aromatic heterocycles. The van der Waals surface area contributed by atoms with E-state index in [-0.39, 0.29) is 17.4 Å². The maximum atomic E-state index is 11.3. The summed E-state index contributed by atoms with van der Waals surface area (Å²) in [5, 5.41) is 9.29. The highest BCUT2D eigenvalue weighted by atomic mass is 16.5. The number of hydrogen-bond acceptors (Lipinski definition) is 3. The summed E-state index contributed by atoms with van der Waals surface area (Å²) in [4.78, 5) is 13.7. The third-order valence-corrected chi connectivity index (χ3v) is 5.71. The van der Waals surface area contributed by atoms with Crippen LogP contribution in [0.2, 0.25) is 0 Å². The fraction of sp³-hybridized carbons (Fsp3) is 0.938. The van der Waals surface area contributed by atoms with Gasteiger partial charge < -0.3 is 9.84 Å². The Kier molecular flexibility index (Phi) is 4.04. The molecule has 20 heavy (non-hydrogen) atoms. The minimum atomic E-state index is -0.626. The Morgan fingerprint density at radius 1 is 1.25 bits per heavy atom. The van der Waals surface area contributed by atoms with E-state index >= 15 is 0 Å². The number of rotatable bonds is 2. The van der Waals surface area contributed by atoms with Gasteiger partial charge in [-0.25, -0.2) is 0 Å². The molecule has 3 rings (SSSR count). The number of ether oxygens (including phenoxy) is 1. The number of aliphatic carboxylic acids is 1. The van der Waals surface area contributed by atoms with Gasteiger partial charge in [-0.2, -0.15) is 0 Å². The Hall–Kier alpha value is -0.610. The normalized spacial score (nSPS) is 38.1. The molecular formula is C16H27NO3. The molecule has 1 N–H and O–H groups in total. The van der Waals surface area contributed by atoms with Crippen molar-refractivity contribution in [3.8, 4) is 0 Å². The molecule has 4 heteroatoms. The van der Waals surface area contributed by atoms with Gasteiger partial charge in [-0.15, -0.1) is 0 Å². The summed E-state index contributed by atoms with van der Waals surface area (Å²) in [6.07, 6.45) is 8.52. The Morgan fingerprint density at radius 3 is 2.65 bits per heavy atom. The van der Waals surface area contributed by atoms with E-state index in [0.717, 1.165) is 32.5 Å². The van der Waals surface area contributed by atoms with Crippen LogP contribution in [0.25, 0.3) is 0 Å². The fourth-order valence-corrected chi connectivity index (χ4v) is 4.48. The topological polar surface area (TPSA) is 49.8 Å². The molecule has 1 saturated carbocycles. The first-order valence-electron chi connectivity index (χ1n) is 8.20. The molecule has 3 atom stereocenters. The number of likely N-dealkylation sites (tertiary alicyclic amines) is 1. The highest BCUT2D eigenvalue weighted by Crippen LogP contribution is 2.41. The SMILES string of the molecule is C[C@@H]1CN(C2CCOC3(CCCCC3)C2)C[C@H]1C(=O)O. The smallest absolute Gasteiger partial charge is 0.308 e. The molecule has 114 valence electrons. The van der Waals surface area contributed by atoms with Crippen molar-refractivity contribution in [1.29, 1.82) is 0 Å². The summed E-state index contributed by atoms with van der Waals surface area (Å²) in [6.45, 7) is 4.61. The van der Waals surface area contributed by atoms with Crippen LogP contribution >= 0.6 is 0 Å². The van der Waals surface area contributed by atoms with Crippen LogP contribution in [0.5, 0.6) is 0 Å². The van der Waals surface area contributed by atoms with Crippen LogP contribution in [-0.4, -0.2) is 47.3 Å². The van der Waals surface area contributed by atoms with Gasteiger partial charge in [-0.05, 0) is 31.6 Å². The maximum Gasteiger partial charge on any atom is 0.308 e. The zero-order valence-corrected chi connectivity index (χ0v) is 12.5. The van der Waals surface area contributed by atoms with Gasteiger partial charge in [0, 0.05) is 25.7 Å². The number of hydrogen-bond donors (Lipinski definition) is 1. The molecular weight excluding hydrogens is 254 g/mol. The minimum Gasteiger partial charge on any atom is -0.481 e. The lowest BCUT2D eigenvalue weighted by molar-refractivity contribution is -0.142. The van der Waals surface area contributed by atoms with Gasteiger partial charge in [-0.3, -0.25) is 9.69 Å². The Morgan fingerprint density at radius 2 is 2.00 bits per heavy atom. The molecule has 2 aliphatic heterocycles. The fourth-order valence-electron chi connectivity index (χ4n) is 4.48. The van der Waals surface area contributed by atoms with Gasteiger partial charge >= 0.3 is 5.97 Å². The van der Waals surface area contributed by atoms with Gasteiger partial charge in [0.05, 0.1) is 11.5 Å². The summed E-state index contributed by atoms with van der Waals surface area (Å²) in [7, 11) is 0. The monoisotopic (exact) mass is 281 g/mol. The zero-order valence-electron chi connectivity index (χ0n) is 12.5. The Bertz CT molecular complexity index is 359. The average Bonchev–Trinajstić information content (AvgIpc) is 2.82. The lowest BCUT2D eigenvalue weighted by Gasteiger charge is -2.46. The minimum absolute atomic E-state index is 0.117. The first kappa shape index (κ1) is 14.3. The summed E-state index contributed by atoms with van der Waals surface area (Å²) in [5.74, 6) is -0.530.